The minimum absolute atomic E-state index is 0.468. The summed E-state index contributed by atoms with van der Waals surface area (Å²) in [7, 11) is 0. The fourth-order valence-corrected chi connectivity index (χ4v) is 1.78. The number of phenolic OH excluding ortho intramolecular Hbond substituents is 1. The van der Waals surface area contributed by atoms with Gasteiger partial charge in [-0.15, -0.1) is 0 Å². The lowest BCUT2D eigenvalue weighted by Gasteiger charge is -2.41. The molecule has 0 radical (unpaired) electrons. The lowest BCUT2D eigenvalue weighted by atomic mass is 9.71. The predicted molar refractivity (Wildman–Crippen MR) is 82.2 cm³/mol. The number of likely N-dealkylation sites (N-methyl/N-ethyl adjacent to an activating group) is 1. The van der Waals surface area contributed by atoms with E-state index in [-0.39, 0.29) is 0 Å². The zero-order valence-corrected chi connectivity index (χ0v) is 10.5. The third-order valence-electron chi connectivity index (χ3n) is 2.65. The highest BCUT2D eigenvalue weighted by molar-refractivity contribution is 5.38. The van der Waals surface area contributed by atoms with E-state index in [2.05, 4.69) is 0 Å². The maximum Gasteiger partial charge on any atom is 0.115 e. The van der Waals surface area contributed by atoms with E-state index < -0.39 is 104 Å². The van der Waals surface area contributed by atoms with Gasteiger partial charge in [-0.05, 0) is 56.8 Å². The first-order chi connectivity index (χ1) is 17.3. The number of aliphatic hydroxyl groups is 1. The van der Waals surface area contributed by atoms with Crippen LogP contribution >= 0.6 is 0 Å². The highest BCUT2D eigenvalue weighted by Gasteiger charge is 2.39. The monoisotopic (exact) mass is 297 g/mol. The van der Waals surface area contributed by atoms with Gasteiger partial charge in [0.05, 0.1) is 9.71 Å². The van der Waals surface area contributed by atoms with Gasteiger partial charge in [-0.3, -0.25) is 0 Å². The van der Waals surface area contributed by atoms with E-state index in [4.69, 9.17) is 26.0 Å². The van der Waals surface area contributed by atoms with Gasteiger partial charge in [-0.1, -0.05) is 25.2 Å². The van der Waals surface area contributed by atoms with Crippen LogP contribution in [0.1, 0.15) is 76.3 Å². The molecule has 20 heavy (non-hydrogen) atoms. The topological polar surface area (TPSA) is 43.7 Å². The number of hydrogen-bond acceptors (Lipinski definition) is 3. The van der Waals surface area contributed by atoms with Crippen LogP contribution in [0.2, 0.25) is 0 Å². The van der Waals surface area contributed by atoms with Crippen LogP contribution in [0, 0.1) is 6.92 Å². The van der Waals surface area contributed by atoms with Crippen molar-refractivity contribution in [2.24, 2.45) is 0 Å². The number of phenols is 1. The van der Waals surface area contributed by atoms with E-state index in [9.17, 15) is 11.6 Å². The SMILES string of the molecule is [2H]c1c([2H])c(C([2H])(CN(C([2H])([2H])[2H])C([2H])([2H])[2H])C2(O)C([2H])([2H])C([2H])([2H])C([2H])([2H])C([2H])([2H])C2([2H])[2H])c(C)c([2H])c1O. The van der Waals surface area contributed by atoms with Crippen LogP contribution in [-0.2, 0) is 0 Å². The third-order valence-corrected chi connectivity index (χ3v) is 2.65. The van der Waals surface area contributed by atoms with E-state index in [1.54, 1.807) is 0 Å². The Morgan fingerprint density at radius 3 is 2.80 bits per heavy atom. The van der Waals surface area contributed by atoms with E-state index in [1.165, 1.54) is 0 Å². The molecule has 0 spiro atoms. The molecule has 1 aliphatic rings. The molecule has 0 bridgehead atoms. The van der Waals surface area contributed by atoms with Crippen LogP contribution in [0.3, 0.4) is 0 Å². The molecule has 1 aromatic carbocycles. The lowest BCUT2D eigenvalue weighted by molar-refractivity contribution is -0.0279. The minimum Gasteiger partial charge on any atom is -0.508 e. The molecule has 3 nitrogen and oxygen atoms in total. The Labute approximate surface area is 150 Å². The normalized spacial score (nSPS) is 50.1. The van der Waals surface area contributed by atoms with Crippen molar-refractivity contribution in [3.63, 3.8) is 0 Å². The van der Waals surface area contributed by atoms with Gasteiger partial charge in [0.1, 0.15) is 5.75 Å². The molecule has 1 aliphatic carbocycles. The van der Waals surface area contributed by atoms with Crippen molar-refractivity contribution in [1.82, 2.24) is 4.90 Å². The van der Waals surface area contributed by atoms with Crippen LogP contribution in [-0.4, -0.2) is 41.2 Å². The van der Waals surface area contributed by atoms with Crippen molar-refractivity contribution in [3.8, 4) is 5.75 Å². The Hall–Kier alpha value is -1.06. The molecule has 1 fully saturated rings. The second-order valence-electron chi connectivity index (χ2n) is 4.12. The summed E-state index contributed by atoms with van der Waals surface area (Å²) < 4.78 is 163. The smallest absolute Gasteiger partial charge is 0.115 e. The molecule has 0 heterocycles. The van der Waals surface area contributed by atoms with Gasteiger partial charge in [-0.25, -0.2) is 0 Å². The zero-order valence-electron chi connectivity index (χ0n) is 30.5. The first-order valence-corrected chi connectivity index (χ1v) is 5.56. The Kier molecular flexibility index (Phi) is 1.17. The Morgan fingerprint density at radius 2 is 2.15 bits per heavy atom. The van der Waals surface area contributed by atoms with Crippen LogP contribution < -0.4 is 0 Å². The van der Waals surface area contributed by atoms with Crippen molar-refractivity contribution >= 4 is 0 Å². The molecule has 1 saturated carbocycles. The number of nitrogens with zero attached hydrogens (tertiary/aromatic N) is 1. The Balaban J connectivity index is 3.34. The second-order valence-corrected chi connectivity index (χ2v) is 4.12. The number of rotatable bonds is 4. The fraction of sp³-hybridized carbons (Fsp3) is 0.647. The molecule has 1 aromatic rings. The van der Waals surface area contributed by atoms with E-state index in [1.807, 2.05) is 0 Å². The maximum atomic E-state index is 12.0. The summed E-state index contributed by atoms with van der Waals surface area (Å²) in [5, 5.41) is 22.1. The van der Waals surface area contributed by atoms with Gasteiger partial charge in [0.15, 0.2) is 0 Å². The minimum atomic E-state index is -4.59. The van der Waals surface area contributed by atoms with E-state index in [0.717, 1.165) is 6.92 Å². The lowest BCUT2D eigenvalue weighted by Crippen LogP contribution is -2.43. The summed E-state index contributed by atoms with van der Waals surface area (Å²) in [5.74, 6) is -5.17. The molecular formula is C17H27NO2. The van der Waals surface area contributed by atoms with Gasteiger partial charge >= 0.3 is 0 Å². The standard InChI is InChI=1S/C17H27NO2/c1-13-11-14(19)7-8-15(13)16(12-18(2)3)17(20)9-5-4-6-10-17/h7-8,11,16,19-20H,4-6,9-10,12H2,1-3H3/i2D3,3D3,4D2,5D2,6D2,7D,8D,9D2,10D2,11D,16D. The zero-order chi connectivity index (χ0) is 32.2. The summed E-state index contributed by atoms with van der Waals surface area (Å²) in [6.45, 7) is -8.60. The molecule has 1 atom stereocenters. The van der Waals surface area contributed by atoms with E-state index in [0.29, 0.717) is 0 Å². The highest BCUT2D eigenvalue weighted by Crippen LogP contribution is 2.41. The van der Waals surface area contributed by atoms with Gasteiger partial charge in [0.25, 0.3) is 0 Å². The van der Waals surface area contributed by atoms with Crippen LogP contribution in [0.4, 0.5) is 0 Å². The molecule has 0 aromatic heterocycles. The molecule has 2 N–H and O–H groups in total. The Morgan fingerprint density at radius 1 is 1.45 bits per heavy atom. The van der Waals surface area contributed by atoms with Crippen molar-refractivity contribution in [2.45, 2.75) is 50.3 Å². The average Bonchev–Trinajstić information content (AvgIpc) is 2.76. The van der Waals surface area contributed by atoms with Gasteiger partial charge < -0.3 is 15.1 Å². The van der Waals surface area contributed by atoms with Crippen molar-refractivity contribution in [2.75, 3.05) is 20.5 Å². The largest absolute Gasteiger partial charge is 0.508 e. The first kappa shape index (κ1) is 3.82. The molecule has 0 amide bonds. The quantitative estimate of drug-likeness (QED) is 0.898. The molecule has 0 saturated heterocycles. The molecule has 112 valence electrons. The summed E-state index contributed by atoms with van der Waals surface area (Å²) in [4.78, 5) is -0.468. The number of aromatic hydroxyl groups is 1. The fourth-order valence-electron chi connectivity index (χ4n) is 1.78. The molecule has 0 aliphatic heterocycles. The molecule has 3 heteroatoms. The number of hydrogen-bond donors (Lipinski definition) is 2. The van der Waals surface area contributed by atoms with Gasteiger partial charge in [0, 0.05) is 35.7 Å². The highest BCUT2D eigenvalue weighted by atomic mass is 16.3. The van der Waals surface area contributed by atoms with Crippen molar-refractivity contribution < 1.29 is 37.6 Å². The second kappa shape index (κ2) is 6.15. The van der Waals surface area contributed by atoms with Gasteiger partial charge in [0.2, 0.25) is 0 Å². The molecule has 2 rings (SSSR count). The summed E-state index contributed by atoms with van der Waals surface area (Å²) >= 11 is 0. The van der Waals surface area contributed by atoms with Crippen LogP contribution in [0.5, 0.6) is 5.75 Å². The Bertz CT molecular complexity index is 1110. The van der Waals surface area contributed by atoms with E-state index >= 15 is 0 Å². The maximum absolute atomic E-state index is 12.0. The predicted octanol–water partition coefficient (Wildman–Crippen LogP) is 3.04. The molecular weight excluding hydrogens is 250 g/mol. The first-order valence-electron chi connectivity index (χ1n) is 15.6. The third kappa shape index (κ3) is 3.33. The summed E-state index contributed by atoms with van der Waals surface area (Å²) in [5.41, 5.74) is -6.65. The van der Waals surface area contributed by atoms with Crippen molar-refractivity contribution in [3.05, 3.63) is 29.3 Å². The van der Waals surface area contributed by atoms with Gasteiger partial charge in [-0.2, -0.15) is 0 Å². The van der Waals surface area contributed by atoms with Crippen LogP contribution in [0.25, 0.3) is 0 Å². The van der Waals surface area contributed by atoms with Crippen molar-refractivity contribution in [1.29, 1.82) is 0 Å². The molecule has 1 unspecified atom stereocenters. The average molecular weight is 298 g/mol. The summed E-state index contributed by atoms with van der Waals surface area (Å²) in [6, 6.07) is -3.66. The number of benzene rings is 1. The van der Waals surface area contributed by atoms with Crippen LogP contribution in [0.15, 0.2) is 18.1 Å². The summed E-state index contributed by atoms with van der Waals surface area (Å²) in [6.07, 6.45) is -21.3.